The van der Waals surface area contributed by atoms with Crippen LogP contribution < -0.4 is 21.4 Å². The van der Waals surface area contributed by atoms with Gasteiger partial charge in [-0.25, -0.2) is 0 Å². The van der Waals surface area contributed by atoms with Gasteiger partial charge < -0.3 is 41.2 Å². The van der Waals surface area contributed by atoms with E-state index in [2.05, 4.69) is 82.5 Å². The molecular formula is C45H50N11O3+. The van der Waals surface area contributed by atoms with Crippen LogP contribution in [0.25, 0.3) is 56.0 Å². The summed E-state index contributed by atoms with van der Waals surface area (Å²) in [6, 6.07) is 23.2. The molecule has 8 N–H and O–H groups in total. The lowest BCUT2D eigenvalue weighted by Crippen LogP contribution is -2.36. The zero-order valence-corrected chi connectivity index (χ0v) is 34.1. The first-order chi connectivity index (χ1) is 28.3. The van der Waals surface area contributed by atoms with Gasteiger partial charge in [-0.15, -0.1) is 14.9 Å². The monoisotopic (exact) mass is 792 g/mol. The maximum atomic E-state index is 11.3. The van der Waals surface area contributed by atoms with Crippen molar-refractivity contribution in [2.45, 2.75) is 73.0 Å². The number of nitrogens with zero attached hydrogens (tertiary/aromatic N) is 8. The second kappa shape index (κ2) is 14.9. The molecule has 0 aliphatic rings. The zero-order chi connectivity index (χ0) is 41.9. The van der Waals surface area contributed by atoms with Gasteiger partial charge in [0.05, 0.1) is 34.1 Å². The van der Waals surface area contributed by atoms with Crippen molar-refractivity contribution in [1.29, 1.82) is 0 Å². The lowest BCUT2D eigenvalue weighted by molar-refractivity contribution is -0.567. The lowest BCUT2D eigenvalue weighted by Gasteiger charge is -2.17. The summed E-state index contributed by atoms with van der Waals surface area (Å²) in [6.07, 6.45) is 5.32. The molecule has 0 aliphatic carbocycles. The Bertz CT molecular complexity index is 2910. The van der Waals surface area contributed by atoms with Crippen molar-refractivity contribution in [2.24, 2.45) is 5.73 Å². The first-order valence-corrected chi connectivity index (χ1v) is 19.8. The molecule has 14 nitrogen and oxygen atoms in total. The Morgan fingerprint density at radius 1 is 0.814 bits per heavy atom. The Balaban J connectivity index is 1.25. The van der Waals surface area contributed by atoms with Crippen LogP contribution in [-0.2, 0) is 19.4 Å². The molecular weight excluding hydrogens is 743 g/mol. The van der Waals surface area contributed by atoms with Crippen LogP contribution in [-0.4, -0.2) is 49.0 Å². The van der Waals surface area contributed by atoms with Gasteiger partial charge in [-0.05, 0) is 112 Å². The van der Waals surface area contributed by atoms with E-state index in [-0.39, 0.29) is 35.2 Å². The number of rotatable bonds is 12. The van der Waals surface area contributed by atoms with E-state index in [1.54, 1.807) is 16.8 Å². The SMILES string of the molecule is C=C(N)Nc1nnc(-c2cc(CC)c(O)cc2C)n1-c1cccc2c1ccn2C(C)Cn1nc(-c2cc(CC)c(O)cc2O)[n+](-c2cccc3c2ccn3C(C)C)c1N. The van der Waals surface area contributed by atoms with E-state index in [0.717, 1.165) is 49.9 Å². The fraction of sp³-hybridized carbons (Fsp3) is 0.244. The number of aromatic nitrogens is 8. The van der Waals surface area contributed by atoms with Crippen molar-refractivity contribution in [2.75, 3.05) is 11.1 Å². The van der Waals surface area contributed by atoms with Gasteiger partial charge in [0.2, 0.25) is 5.95 Å². The molecule has 59 heavy (non-hydrogen) atoms. The fourth-order valence-corrected chi connectivity index (χ4v) is 8.15. The number of aryl methyl sites for hydroxylation is 3. The standard InChI is InChI=1S/C45H49N11O3/c1-8-29-21-33(26(5)20-39(29)57)42-49-50-45(48-28(7)46)56(42)38-15-11-13-36-32(38)17-19-53(36)27(6)24-54-44(47)55(37-14-10-12-35-31(37)16-18-52(35)25(3)4)43(51-54)34-22-30(9-2)40(58)23-41(34)59/h10-23,25,27,47H,7-9,24,46H2,1-6H3,(H4,48,49,50,51,57,58,59)/p+1. The van der Waals surface area contributed by atoms with Crippen molar-refractivity contribution in [3.05, 3.63) is 114 Å². The minimum atomic E-state index is -0.156. The van der Waals surface area contributed by atoms with Crippen LogP contribution in [0.3, 0.4) is 0 Å². The van der Waals surface area contributed by atoms with Gasteiger partial charge in [0.1, 0.15) is 29.5 Å². The molecule has 0 saturated heterocycles. The normalized spacial score (nSPS) is 12.3. The van der Waals surface area contributed by atoms with Crippen LogP contribution in [0.4, 0.5) is 11.9 Å². The highest BCUT2D eigenvalue weighted by Crippen LogP contribution is 2.38. The number of hydrogen-bond acceptors (Lipinski definition) is 9. The van der Waals surface area contributed by atoms with Gasteiger partial charge in [0.25, 0.3) is 5.82 Å². The summed E-state index contributed by atoms with van der Waals surface area (Å²) in [4.78, 5) is 0. The Kier molecular flexibility index (Phi) is 9.78. The second-order valence-corrected chi connectivity index (χ2v) is 15.3. The molecule has 8 rings (SSSR count). The summed E-state index contributed by atoms with van der Waals surface area (Å²) in [5, 5.41) is 51.7. The number of aromatic hydroxyl groups is 3. The van der Waals surface area contributed by atoms with Crippen molar-refractivity contribution in [3.8, 4) is 51.4 Å². The lowest BCUT2D eigenvalue weighted by atomic mass is 10.0. The molecule has 0 radical (unpaired) electrons. The highest BCUT2D eigenvalue weighted by Gasteiger charge is 2.31. The minimum absolute atomic E-state index is 0.0228. The first kappa shape index (κ1) is 38.6. The van der Waals surface area contributed by atoms with E-state index in [0.29, 0.717) is 54.1 Å². The van der Waals surface area contributed by atoms with E-state index in [4.69, 9.17) is 16.6 Å². The van der Waals surface area contributed by atoms with E-state index in [1.165, 1.54) is 6.07 Å². The van der Waals surface area contributed by atoms with E-state index < -0.39 is 0 Å². The van der Waals surface area contributed by atoms with Crippen LogP contribution in [0, 0.1) is 6.92 Å². The molecule has 0 aliphatic heterocycles. The number of phenolic OH excluding ortho intramolecular Hbond substituents is 3. The molecule has 4 aromatic heterocycles. The number of nitrogen functional groups attached to an aromatic ring is 1. The van der Waals surface area contributed by atoms with Crippen LogP contribution in [0.15, 0.2) is 97.6 Å². The Labute approximate surface area is 341 Å². The Morgan fingerprint density at radius 3 is 2.15 bits per heavy atom. The highest BCUT2D eigenvalue weighted by molar-refractivity contribution is 5.90. The van der Waals surface area contributed by atoms with Gasteiger partial charge in [-0.3, -0.25) is 4.57 Å². The molecule has 0 amide bonds. The third-order valence-corrected chi connectivity index (χ3v) is 11.2. The molecule has 302 valence electrons. The molecule has 0 fully saturated rings. The Morgan fingerprint density at radius 2 is 1.46 bits per heavy atom. The summed E-state index contributed by atoms with van der Waals surface area (Å²) in [5.74, 6) is 2.18. The van der Waals surface area contributed by atoms with Gasteiger partial charge in [-0.1, -0.05) is 32.6 Å². The third kappa shape index (κ3) is 6.55. The maximum absolute atomic E-state index is 11.3. The summed E-state index contributed by atoms with van der Waals surface area (Å²) < 4.78 is 9.98. The maximum Gasteiger partial charge on any atom is 0.347 e. The van der Waals surface area contributed by atoms with Crippen LogP contribution in [0.1, 0.15) is 63.4 Å². The van der Waals surface area contributed by atoms with Gasteiger partial charge >= 0.3 is 5.95 Å². The Hall–Kier alpha value is -7.22. The van der Waals surface area contributed by atoms with Crippen LogP contribution >= 0.6 is 0 Å². The molecule has 0 bridgehead atoms. The average Bonchev–Trinajstić information content (AvgIpc) is 3.99. The fourth-order valence-electron chi connectivity index (χ4n) is 8.15. The number of benzene rings is 4. The highest BCUT2D eigenvalue weighted by atomic mass is 16.3. The topological polar surface area (TPSA) is 187 Å². The summed E-state index contributed by atoms with van der Waals surface area (Å²) >= 11 is 0. The van der Waals surface area contributed by atoms with Crippen molar-refractivity contribution in [3.63, 3.8) is 0 Å². The summed E-state index contributed by atoms with van der Waals surface area (Å²) in [7, 11) is 0. The smallest absolute Gasteiger partial charge is 0.347 e. The van der Waals surface area contributed by atoms with Gasteiger partial charge in [0.15, 0.2) is 5.82 Å². The van der Waals surface area contributed by atoms with Crippen molar-refractivity contribution in [1.82, 2.24) is 33.7 Å². The van der Waals surface area contributed by atoms with Crippen LogP contribution in [0.2, 0.25) is 0 Å². The molecule has 4 aromatic carbocycles. The molecule has 14 heteroatoms. The predicted molar refractivity (Wildman–Crippen MR) is 232 cm³/mol. The number of fused-ring (bicyclic) bond motifs is 2. The van der Waals surface area contributed by atoms with E-state index >= 15 is 0 Å². The van der Waals surface area contributed by atoms with Crippen molar-refractivity contribution < 1.29 is 19.9 Å². The zero-order valence-electron chi connectivity index (χ0n) is 34.1. The number of nitrogens with one attached hydrogen (secondary N) is 1. The minimum Gasteiger partial charge on any atom is -0.508 e. The van der Waals surface area contributed by atoms with Gasteiger partial charge in [-0.2, -0.15) is 4.57 Å². The third-order valence-electron chi connectivity index (χ3n) is 11.2. The van der Waals surface area contributed by atoms with Gasteiger partial charge in [0, 0.05) is 45.9 Å². The van der Waals surface area contributed by atoms with Crippen molar-refractivity contribution >= 4 is 33.7 Å². The molecule has 4 heterocycles. The molecule has 1 unspecified atom stereocenters. The summed E-state index contributed by atoms with van der Waals surface area (Å²) in [5.41, 5.74) is 20.4. The average molecular weight is 793 g/mol. The van der Waals surface area contributed by atoms with Crippen LogP contribution in [0.5, 0.6) is 17.2 Å². The molecule has 0 saturated carbocycles. The largest absolute Gasteiger partial charge is 0.508 e. The molecule has 8 aromatic rings. The summed E-state index contributed by atoms with van der Waals surface area (Å²) in [6.45, 7) is 16.5. The predicted octanol–water partition coefficient (Wildman–Crippen LogP) is 7.80. The molecule has 1 atom stereocenters. The number of nitrogens with two attached hydrogens (primary N) is 2. The van der Waals surface area contributed by atoms with E-state index in [9.17, 15) is 15.3 Å². The number of hydrogen-bond donors (Lipinski definition) is 6. The second-order valence-electron chi connectivity index (χ2n) is 15.3. The first-order valence-electron chi connectivity index (χ1n) is 19.8. The number of phenols is 3. The number of anilines is 2. The quantitative estimate of drug-likeness (QED) is 0.0672. The van der Waals surface area contributed by atoms with E-state index in [1.807, 2.05) is 66.4 Å². The molecule has 0 spiro atoms.